The van der Waals surface area contributed by atoms with E-state index in [-0.39, 0.29) is 12.0 Å². The Morgan fingerprint density at radius 3 is 2.95 bits per heavy atom. The second kappa shape index (κ2) is 6.06. The maximum atomic E-state index is 9.80. The van der Waals surface area contributed by atoms with Gasteiger partial charge in [0.25, 0.3) is 0 Å². The van der Waals surface area contributed by atoms with Crippen molar-refractivity contribution in [2.75, 3.05) is 37.0 Å². The number of aromatic nitrogens is 2. The van der Waals surface area contributed by atoms with E-state index >= 15 is 0 Å². The highest BCUT2D eigenvalue weighted by atomic mass is 16.5. The number of rotatable bonds is 4. The Morgan fingerprint density at radius 2 is 2.32 bits per heavy atom. The molecule has 2 unspecified atom stereocenters. The lowest BCUT2D eigenvalue weighted by atomic mass is 9.97. The fourth-order valence-corrected chi connectivity index (χ4v) is 2.40. The number of nitrogens with one attached hydrogen (secondary N) is 1. The van der Waals surface area contributed by atoms with Gasteiger partial charge in [0.1, 0.15) is 6.33 Å². The number of anilines is 2. The van der Waals surface area contributed by atoms with Gasteiger partial charge in [-0.05, 0) is 19.3 Å². The minimum Gasteiger partial charge on any atom is -0.490 e. The molecule has 2 N–H and O–H groups in total. The van der Waals surface area contributed by atoms with Crippen molar-refractivity contribution in [3.05, 3.63) is 6.33 Å². The number of nitrogens with zero attached hydrogens (tertiary/aromatic N) is 3. The van der Waals surface area contributed by atoms with Gasteiger partial charge in [0, 0.05) is 19.6 Å². The Balaban J connectivity index is 2.26. The van der Waals surface area contributed by atoms with Gasteiger partial charge in [-0.3, -0.25) is 0 Å². The summed E-state index contributed by atoms with van der Waals surface area (Å²) in [5.41, 5.74) is 0. The van der Waals surface area contributed by atoms with E-state index < -0.39 is 0 Å². The smallest absolute Gasteiger partial charge is 0.204 e. The summed E-state index contributed by atoms with van der Waals surface area (Å²) in [6.45, 7) is 6.41. The Kier molecular flexibility index (Phi) is 4.42. The van der Waals surface area contributed by atoms with Crippen LogP contribution in [-0.4, -0.2) is 47.9 Å². The van der Waals surface area contributed by atoms with Crippen molar-refractivity contribution in [3.63, 3.8) is 0 Å². The van der Waals surface area contributed by atoms with Gasteiger partial charge in [0.2, 0.25) is 5.75 Å². The molecular formula is C13H22N4O2. The van der Waals surface area contributed by atoms with Crippen LogP contribution in [0, 0.1) is 5.92 Å². The third-order valence-electron chi connectivity index (χ3n) is 3.49. The molecule has 1 saturated heterocycles. The highest BCUT2D eigenvalue weighted by molar-refractivity contribution is 5.64. The first-order chi connectivity index (χ1) is 9.17. The summed E-state index contributed by atoms with van der Waals surface area (Å²) < 4.78 is 5.45. The third kappa shape index (κ3) is 2.89. The molecule has 2 rings (SSSR count). The molecule has 19 heavy (non-hydrogen) atoms. The molecule has 0 aliphatic carbocycles. The maximum absolute atomic E-state index is 9.80. The fraction of sp³-hybridized carbons (Fsp3) is 0.692. The minimum atomic E-state index is -0.225. The second-order valence-electron chi connectivity index (χ2n) is 4.89. The highest BCUT2D eigenvalue weighted by Gasteiger charge is 2.27. The number of ether oxygens (including phenoxy) is 1. The van der Waals surface area contributed by atoms with Crippen LogP contribution in [0.15, 0.2) is 6.33 Å². The van der Waals surface area contributed by atoms with Gasteiger partial charge < -0.3 is 20.1 Å². The van der Waals surface area contributed by atoms with E-state index in [0.29, 0.717) is 11.6 Å². The van der Waals surface area contributed by atoms with Crippen LogP contribution in [0.1, 0.15) is 20.3 Å². The van der Waals surface area contributed by atoms with E-state index in [1.54, 1.807) is 13.4 Å². The van der Waals surface area contributed by atoms with E-state index in [9.17, 15) is 5.11 Å². The van der Waals surface area contributed by atoms with Gasteiger partial charge in [0.05, 0.1) is 13.2 Å². The van der Waals surface area contributed by atoms with E-state index in [1.807, 2.05) is 6.92 Å². The average molecular weight is 266 g/mol. The lowest BCUT2D eigenvalue weighted by molar-refractivity contribution is 0.0967. The zero-order chi connectivity index (χ0) is 13.8. The highest BCUT2D eigenvalue weighted by Crippen LogP contribution is 2.34. The van der Waals surface area contributed by atoms with Crippen LogP contribution in [0.3, 0.4) is 0 Å². The van der Waals surface area contributed by atoms with E-state index in [1.165, 1.54) is 0 Å². The summed E-state index contributed by atoms with van der Waals surface area (Å²) in [6.07, 6.45) is 2.08. The van der Waals surface area contributed by atoms with Crippen LogP contribution < -0.4 is 15.0 Å². The van der Waals surface area contributed by atoms with Crippen molar-refractivity contribution in [1.29, 1.82) is 0 Å². The van der Waals surface area contributed by atoms with Gasteiger partial charge >= 0.3 is 0 Å². The van der Waals surface area contributed by atoms with Gasteiger partial charge in [-0.2, -0.15) is 0 Å². The maximum Gasteiger partial charge on any atom is 0.204 e. The number of hydrogen-bond acceptors (Lipinski definition) is 6. The van der Waals surface area contributed by atoms with Crippen molar-refractivity contribution in [3.8, 4) is 5.75 Å². The van der Waals surface area contributed by atoms with Crippen LogP contribution >= 0.6 is 0 Å². The molecule has 0 amide bonds. The predicted octanol–water partition coefficient (Wildman–Crippen LogP) is 1.12. The molecule has 1 aromatic heterocycles. The largest absolute Gasteiger partial charge is 0.490 e. The molecule has 0 spiro atoms. The van der Waals surface area contributed by atoms with Crippen molar-refractivity contribution < 1.29 is 9.84 Å². The van der Waals surface area contributed by atoms with Crippen LogP contribution in [0.25, 0.3) is 0 Å². The summed E-state index contributed by atoms with van der Waals surface area (Å²) in [5.74, 6) is 2.42. The quantitative estimate of drug-likeness (QED) is 0.851. The molecular weight excluding hydrogens is 244 g/mol. The van der Waals surface area contributed by atoms with E-state index in [2.05, 4.69) is 27.1 Å². The van der Waals surface area contributed by atoms with Crippen molar-refractivity contribution >= 4 is 11.6 Å². The zero-order valence-electron chi connectivity index (χ0n) is 11.8. The third-order valence-corrected chi connectivity index (χ3v) is 3.49. The SMILES string of the molecule is CCNc1ncnc(N2CCC(O)C(C)C2)c1OC. The van der Waals surface area contributed by atoms with E-state index in [4.69, 9.17) is 4.74 Å². The Morgan fingerprint density at radius 1 is 1.53 bits per heavy atom. The fourth-order valence-electron chi connectivity index (χ4n) is 2.40. The normalized spacial score (nSPS) is 23.3. The molecule has 2 heterocycles. The number of aliphatic hydroxyl groups is 1. The summed E-state index contributed by atoms with van der Waals surface area (Å²) >= 11 is 0. The van der Waals surface area contributed by atoms with Crippen LogP contribution in [-0.2, 0) is 0 Å². The zero-order valence-corrected chi connectivity index (χ0v) is 11.8. The molecule has 6 nitrogen and oxygen atoms in total. The number of aliphatic hydroxyl groups excluding tert-OH is 1. The van der Waals surface area contributed by atoms with Crippen molar-refractivity contribution in [2.24, 2.45) is 5.92 Å². The predicted molar refractivity (Wildman–Crippen MR) is 74.7 cm³/mol. The molecule has 106 valence electrons. The number of hydrogen-bond donors (Lipinski definition) is 2. The molecule has 1 aromatic rings. The van der Waals surface area contributed by atoms with E-state index in [0.717, 1.165) is 31.9 Å². The molecule has 1 aliphatic rings. The standard InChI is InChI=1S/C13H22N4O2/c1-4-14-12-11(19-3)13(16-8-15-12)17-6-5-10(18)9(2)7-17/h8-10,18H,4-7H2,1-3H3,(H,14,15,16). The summed E-state index contributed by atoms with van der Waals surface area (Å²) in [5, 5.41) is 13.0. The van der Waals surface area contributed by atoms with Gasteiger partial charge in [-0.15, -0.1) is 0 Å². The number of methoxy groups -OCH3 is 1. The molecule has 1 aliphatic heterocycles. The van der Waals surface area contributed by atoms with Crippen LogP contribution in [0.4, 0.5) is 11.6 Å². The van der Waals surface area contributed by atoms with Gasteiger partial charge in [-0.25, -0.2) is 9.97 Å². The first-order valence-electron chi connectivity index (χ1n) is 6.73. The Hall–Kier alpha value is -1.56. The van der Waals surface area contributed by atoms with Crippen LogP contribution in [0.5, 0.6) is 5.75 Å². The first-order valence-corrected chi connectivity index (χ1v) is 6.73. The lowest BCUT2D eigenvalue weighted by Gasteiger charge is -2.35. The lowest BCUT2D eigenvalue weighted by Crippen LogP contribution is -2.42. The summed E-state index contributed by atoms with van der Waals surface area (Å²) in [6, 6.07) is 0. The van der Waals surface area contributed by atoms with Crippen molar-refractivity contribution in [1.82, 2.24) is 9.97 Å². The summed E-state index contributed by atoms with van der Waals surface area (Å²) in [7, 11) is 1.63. The average Bonchev–Trinajstić information content (AvgIpc) is 2.42. The van der Waals surface area contributed by atoms with Gasteiger partial charge in [0.15, 0.2) is 11.6 Å². The molecule has 0 bridgehead atoms. The second-order valence-corrected chi connectivity index (χ2v) is 4.89. The Labute approximate surface area is 113 Å². The monoisotopic (exact) mass is 266 g/mol. The molecule has 0 saturated carbocycles. The van der Waals surface area contributed by atoms with Crippen molar-refractivity contribution in [2.45, 2.75) is 26.4 Å². The van der Waals surface area contributed by atoms with Gasteiger partial charge in [-0.1, -0.05) is 6.92 Å². The molecule has 2 atom stereocenters. The molecule has 0 radical (unpaired) electrons. The first kappa shape index (κ1) is 13.9. The minimum absolute atomic E-state index is 0.225. The van der Waals surface area contributed by atoms with Crippen LogP contribution in [0.2, 0.25) is 0 Å². The summed E-state index contributed by atoms with van der Waals surface area (Å²) in [4.78, 5) is 10.7. The molecule has 1 fully saturated rings. The molecule has 6 heteroatoms. The number of piperidine rings is 1. The topological polar surface area (TPSA) is 70.5 Å². The molecule has 0 aromatic carbocycles. The Bertz CT molecular complexity index is 427.